The minimum Gasteiger partial charge on any atom is -0.396 e. The van der Waals surface area contributed by atoms with E-state index < -0.39 is 12.4 Å². The fourth-order valence-corrected chi connectivity index (χ4v) is 0.610. The van der Waals surface area contributed by atoms with E-state index in [1.54, 1.807) is 0 Å². The van der Waals surface area contributed by atoms with Crippen LogP contribution in [0.2, 0.25) is 0 Å². The van der Waals surface area contributed by atoms with Crippen LogP contribution >= 0.6 is 0 Å². The molecule has 0 heterocycles. The third kappa shape index (κ3) is 44.7. The van der Waals surface area contributed by atoms with Gasteiger partial charge in [-0.3, -0.25) is 0 Å². The Morgan fingerprint density at radius 2 is 1.22 bits per heavy atom. The standard InChI is InChI=1S/C5H12O2.C4H10O2.C3H8O2/c1-2-3-4-5(6)7;5-3-1-2-4-6;1-3(5)2-4/h5-7H,2-4H2,1H3;5-6H,1-4H2;3-5H,2H2,1H3. The van der Waals surface area contributed by atoms with Crippen molar-refractivity contribution in [2.45, 2.75) is 58.3 Å². The molecule has 0 radical (unpaired) electrons. The van der Waals surface area contributed by atoms with Crippen LogP contribution < -0.4 is 0 Å². The van der Waals surface area contributed by atoms with Crippen LogP contribution in [-0.2, 0) is 0 Å². The molecule has 0 aromatic carbocycles. The molecule has 0 spiro atoms. The first-order chi connectivity index (χ1) is 8.45. The molecule has 0 fully saturated rings. The second-order valence-electron chi connectivity index (χ2n) is 3.81. The summed E-state index contributed by atoms with van der Waals surface area (Å²) in [5.74, 6) is 0. The molecule has 0 bridgehead atoms. The molecule has 1 atom stereocenters. The summed E-state index contributed by atoms with van der Waals surface area (Å²) in [6, 6.07) is 0. The molecule has 6 nitrogen and oxygen atoms in total. The van der Waals surface area contributed by atoms with Gasteiger partial charge in [-0.25, -0.2) is 0 Å². The minimum atomic E-state index is -1.10. The maximum absolute atomic E-state index is 8.24. The van der Waals surface area contributed by atoms with Gasteiger partial charge in [0.05, 0.1) is 12.7 Å². The Kier molecular flexibility index (Phi) is 28.0. The van der Waals surface area contributed by atoms with Crippen molar-refractivity contribution in [1.29, 1.82) is 0 Å². The van der Waals surface area contributed by atoms with Gasteiger partial charge in [0.15, 0.2) is 6.29 Å². The zero-order valence-electron chi connectivity index (χ0n) is 11.5. The van der Waals surface area contributed by atoms with Gasteiger partial charge in [0, 0.05) is 13.2 Å². The lowest BCUT2D eigenvalue weighted by atomic mass is 10.2. The number of hydrogen-bond donors (Lipinski definition) is 6. The molecule has 0 rings (SSSR count). The molecular formula is C12H30O6. The topological polar surface area (TPSA) is 121 Å². The van der Waals surface area contributed by atoms with Crippen LogP contribution in [0.1, 0.15) is 46.0 Å². The first-order valence-corrected chi connectivity index (χ1v) is 6.32. The predicted molar refractivity (Wildman–Crippen MR) is 69.9 cm³/mol. The zero-order chi connectivity index (χ0) is 14.8. The summed E-state index contributed by atoms with van der Waals surface area (Å²) in [6.45, 7) is 3.80. The number of unbranched alkanes of at least 4 members (excludes halogenated alkanes) is 2. The average Bonchev–Trinajstić information content (AvgIpc) is 2.35. The number of rotatable bonds is 7. The van der Waals surface area contributed by atoms with Crippen LogP contribution in [0.15, 0.2) is 0 Å². The van der Waals surface area contributed by atoms with E-state index in [1.165, 1.54) is 6.92 Å². The molecule has 6 heteroatoms. The lowest BCUT2D eigenvalue weighted by Gasteiger charge is -1.97. The quantitative estimate of drug-likeness (QED) is 0.276. The van der Waals surface area contributed by atoms with Crippen LogP contribution in [0, 0.1) is 0 Å². The van der Waals surface area contributed by atoms with Crippen LogP contribution in [0.4, 0.5) is 0 Å². The first kappa shape index (κ1) is 22.9. The van der Waals surface area contributed by atoms with Crippen molar-refractivity contribution in [1.82, 2.24) is 0 Å². The van der Waals surface area contributed by atoms with E-state index in [0.717, 1.165) is 25.7 Å². The lowest BCUT2D eigenvalue weighted by molar-refractivity contribution is -0.0463. The fraction of sp³-hybridized carbons (Fsp3) is 1.00. The van der Waals surface area contributed by atoms with E-state index in [9.17, 15) is 0 Å². The largest absolute Gasteiger partial charge is 0.396 e. The maximum Gasteiger partial charge on any atom is 0.151 e. The van der Waals surface area contributed by atoms with Gasteiger partial charge in [0.25, 0.3) is 0 Å². The Morgan fingerprint density at radius 3 is 1.33 bits per heavy atom. The number of aliphatic hydroxyl groups excluding tert-OH is 5. The highest BCUT2D eigenvalue weighted by Crippen LogP contribution is 1.95. The minimum absolute atomic E-state index is 0.139. The van der Waals surface area contributed by atoms with Crippen LogP contribution in [0.5, 0.6) is 0 Å². The summed E-state index contributed by atoms with van der Waals surface area (Å²) in [7, 11) is 0. The van der Waals surface area contributed by atoms with Crippen molar-refractivity contribution in [2.75, 3.05) is 19.8 Å². The van der Waals surface area contributed by atoms with Gasteiger partial charge in [0.1, 0.15) is 0 Å². The van der Waals surface area contributed by atoms with Gasteiger partial charge in [-0.1, -0.05) is 13.3 Å². The summed E-state index contributed by atoms with van der Waals surface area (Å²) in [4.78, 5) is 0. The molecule has 0 aliphatic carbocycles. The monoisotopic (exact) mass is 270 g/mol. The summed E-state index contributed by atoms with van der Waals surface area (Å²) in [5, 5.41) is 48.7. The highest BCUT2D eigenvalue weighted by atomic mass is 16.5. The van der Waals surface area contributed by atoms with Gasteiger partial charge in [-0.15, -0.1) is 0 Å². The molecule has 6 N–H and O–H groups in total. The Balaban J connectivity index is -0.000000190. The van der Waals surface area contributed by atoms with E-state index in [0.29, 0.717) is 6.42 Å². The number of hydrogen-bond acceptors (Lipinski definition) is 6. The summed E-state index contributed by atoms with van der Waals surface area (Å²) >= 11 is 0. The van der Waals surface area contributed by atoms with Gasteiger partial charge >= 0.3 is 0 Å². The second kappa shape index (κ2) is 22.0. The Morgan fingerprint density at radius 1 is 0.833 bits per heavy atom. The van der Waals surface area contributed by atoms with Crippen molar-refractivity contribution in [2.24, 2.45) is 0 Å². The third-order valence-electron chi connectivity index (χ3n) is 1.65. The van der Waals surface area contributed by atoms with Crippen molar-refractivity contribution in [3.63, 3.8) is 0 Å². The van der Waals surface area contributed by atoms with E-state index in [2.05, 4.69) is 0 Å². The molecule has 0 aliphatic heterocycles. The Bertz CT molecular complexity index is 115. The van der Waals surface area contributed by atoms with Gasteiger partial charge in [-0.2, -0.15) is 0 Å². The third-order valence-corrected chi connectivity index (χ3v) is 1.65. The van der Waals surface area contributed by atoms with Crippen molar-refractivity contribution in [3.8, 4) is 0 Å². The van der Waals surface area contributed by atoms with E-state index in [1.807, 2.05) is 6.92 Å². The molecule has 0 saturated heterocycles. The zero-order valence-corrected chi connectivity index (χ0v) is 11.5. The average molecular weight is 270 g/mol. The fourth-order valence-electron chi connectivity index (χ4n) is 0.610. The normalized spacial score (nSPS) is 11.2. The molecule has 0 aliphatic rings. The Hall–Kier alpha value is -0.240. The molecule has 18 heavy (non-hydrogen) atoms. The maximum atomic E-state index is 8.24. The SMILES string of the molecule is CC(O)CO.CCCCC(O)O.OCCCCO. The molecule has 0 amide bonds. The molecule has 114 valence electrons. The Labute approximate surface area is 110 Å². The molecule has 0 aromatic heterocycles. The van der Waals surface area contributed by atoms with Crippen molar-refractivity contribution >= 4 is 0 Å². The van der Waals surface area contributed by atoms with Crippen LogP contribution in [-0.4, -0.2) is 62.9 Å². The molecule has 0 saturated carbocycles. The predicted octanol–water partition coefficient (Wildman–Crippen LogP) is -0.402. The summed E-state index contributed by atoms with van der Waals surface area (Å²) in [5.41, 5.74) is 0. The molecule has 1 unspecified atom stereocenters. The van der Waals surface area contributed by atoms with Crippen LogP contribution in [0.25, 0.3) is 0 Å². The van der Waals surface area contributed by atoms with Crippen LogP contribution in [0.3, 0.4) is 0 Å². The second-order valence-corrected chi connectivity index (χ2v) is 3.81. The van der Waals surface area contributed by atoms with Gasteiger partial charge in [-0.05, 0) is 32.6 Å². The molecule has 0 aromatic rings. The van der Waals surface area contributed by atoms with Crippen molar-refractivity contribution < 1.29 is 30.6 Å². The van der Waals surface area contributed by atoms with E-state index >= 15 is 0 Å². The summed E-state index contributed by atoms with van der Waals surface area (Å²) in [6.07, 6.45) is 2.22. The van der Waals surface area contributed by atoms with Crippen molar-refractivity contribution in [3.05, 3.63) is 0 Å². The molecular weight excluding hydrogens is 240 g/mol. The highest BCUT2D eigenvalue weighted by molar-refractivity contribution is 4.36. The van der Waals surface area contributed by atoms with E-state index in [4.69, 9.17) is 30.6 Å². The number of aliphatic hydroxyl groups is 6. The van der Waals surface area contributed by atoms with Gasteiger partial charge < -0.3 is 30.6 Å². The lowest BCUT2D eigenvalue weighted by Crippen LogP contribution is -2.03. The van der Waals surface area contributed by atoms with E-state index in [-0.39, 0.29) is 19.8 Å². The highest BCUT2D eigenvalue weighted by Gasteiger charge is 1.92. The first-order valence-electron chi connectivity index (χ1n) is 6.32. The van der Waals surface area contributed by atoms with Gasteiger partial charge in [0.2, 0.25) is 0 Å². The smallest absolute Gasteiger partial charge is 0.151 e. The summed E-state index contributed by atoms with van der Waals surface area (Å²) < 4.78 is 0.